The molecule has 0 N–H and O–H groups in total. The highest BCUT2D eigenvalue weighted by Crippen LogP contribution is 2.39. The van der Waals surface area contributed by atoms with Gasteiger partial charge < -0.3 is 26.6 Å². The molecule has 28 heavy (non-hydrogen) atoms. The van der Waals surface area contributed by atoms with Crippen LogP contribution < -0.4 is 0 Å². The molecule has 0 aromatic rings. The molecule has 0 amide bonds. The summed E-state index contributed by atoms with van der Waals surface area (Å²) in [6.07, 6.45) is 15.2. The van der Waals surface area contributed by atoms with Gasteiger partial charge in [-0.1, -0.05) is 77.6 Å². The zero-order valence-corrected chi connectivity index (χ0v) is 21.5. The third kappa shape index (κ3) is 8.91. The molecule has 0 rings (SSSR count). The van der Waals surface area contributed by atoms with Crippen molar-refractivity contribution in [2.24, 2.45) is 0 Å². The quantitative estimate of drug-likeness (QED) is 0.189. The van der Waals surface area contributed by atoms with Crippen LogP contribution in [0.2, 0.25) is 5.16 Å². The summed E-state index contributed by atoms with van der Waals surface area (Å²) in [4.78, 5) is 0. The first kappa shape index (κ1) is 28.2. The van der Waals surface area contributed by atoms with Crippen LogP contribution >= 0.6 is 0 Å². The van der Waals surface area contributed by atoms with Crippen molar-refractivity contribution in [1.82, 2.24) is 0 Å². The SMILES string of the molecule is CCCCCCCCCCCCCC([Si](OC)(OC)OC)[Si](OC)(OC)OC. The van der Waals surface area contributed by atoms with Gasteiger partial charge in [0.25, 0.3) is 0 Å². The van der Waals surface area contributed by atoms with Crippen LogP contribution in [-0.4, -0.2) is 60.3 Å². The molecule has 0 radical (unpaired) electrons. The second-order valence-electron chi connectivity index (χ2n) is 7.31. The third-order valence-corrected chi connectivity index (χ3v) is 13.5. The van der Waals surface area contributed by atoms with E-state index in [4.69, 9.17) is 26.6 Å². The fraction of sp³-hybridized carbons (Fsp3) is 1.00. The van der Waals surface area contributed by atoms with Crippen molar-refractivity contribution in [3.05, 3.63) is 0 Å². The predicted octanol–water partition coefficient (Wildman–Crippen LogP) is 5.35. The molecule has 0 saturated carbocycles. The Morgan fingerprint density at radius 2 is 0.750 bits per heavy atom. The van der Waals surface area contributed by atoms with Crippen LogP contribution in [0.5, 0.6) is 0 Å². The van der Waals surface area contributed by atoms with Gasteiger partial charge in [0.1, 0.15) is 0 Å². The van der Waals surface area contributed by atoms with E-state index < -0.39 is 17.6 Å². The highest BCUT2D eigenvalue weighted by atomic mass is 28.5. The van der Waals surface area contributed by atoms with Crippen LogP contribution in [0, 0.1) is 0 Å². The fourth-order valence-corrected chi connectivity index (χ4v) is 11.6. The number of hydrogen-bond donors (Lipinski definition) is 0. The lowest BCUT2D eigenvalue weighted by Gasteiger charge is -2.39. The van der Waals surface area contributed by atoms with Crippen LogP contribution in [0.25, 0.3) is 0 Å². The van der Waals surface area contributed by atoms with E-state index in [0.29, 0.717) is 0 Å². The Kier molecular flexibility index (Phi) is 17.1. The van der Waals surface area contributed by atoms with Gasteiger partial charge in [0.2, 0.25) is 0 Å². The smallest absolute Gasteiger partial charge is 0.377 e. The maximum atomic E-state index is 5.75. The summed E-state index contributed by atoms with van der Waals surface area (Å²) in [5, 5.41) is -0.140. The summed E-state index contributed by atoms with van der Waals surface area (Å²) in [6, 6.07) is 0. The first-order chi connectivity index (χ1) is 13.6. The van der Waals surface area contributed by atoms with E-state index in [0.717, 1.165) is 12.8 Å². The molecule has 0 unspecified atom stereocenters. The third-order valence-electron chi connectivity index (χ3n) is 5.66. The van der Waals surface area contributed by atoms with Crippen molar-refractivity contribution >= 4 is 17.6 Å². The van der Waals surface area contributed by atoms with E-state index in [1.54, 1.807) is 42.7 Å². The molecule has 0 bridgehead atoms. The largest absolute Gasteiger partial charge is 0.507 e. The van der Waals surface area contributed by atoms with Gasteiger partial charge in [0.15, 0.2) is 0 Å². The van der Waals surface area contributed by atoms with Crippen LogP contribution in [0.1, 0.15) is 84.0 Å². The second-order valence-corrected chi connectivity index (χ2v) is 14.1. The standard InChI is InChI=1S/C20H46O6Si2/c1-8-9-10-11-12-13-14-15-16-17-18-19-20(27(21-2,22-3)23-4)28(24-5,25-6)26-7/h20H,8-19H2,1-7H3. The van der Waals surface area contributed by atoms with Gasteiger partial charge in [-0.2, -0.15) is 0 Å². The molecular weight excluding hydrogens is 392 g/mol. The van der Waals surface area contributed by atoms with Gasteiger partial charge in [-0.25, -0.2) is 0 Å². The average Bonchev–Trinajstić information content (AvgIpc) is 2.74. The molecule has 0 aromatic carbocycles. The Balaban J connectivity index is 4.48. The average molecular weight is 439 g/mol. The molecule has 0 fully saturated rings. The Morgan fingerprint density at radius 3 is 1.04 bits per heavy atom. The van der Waals surface area contributed by atoms with Crippen molar-refractivity contribution in [1.29, 1.82) is 0 Å². The Hall–Kier alpha value is 0.194. The lowest BCUT2D eigenvalue weighted by atomic mass is 10.1. The molecular formula is C20H46O6Si2. The van der Waals surface area contributed by atoms with E-state index in [9.17, 15) is 0 Å². The van der Waals surface area contributed by atoms with E-state index >= 15 is 0 Å². The zero-order valence-electron chi connectivity index (χ0n) is 19.5. The lowest BCUT2D eigenvalue weighted by molar-refractivity contribution is 0.0778. The normalized spacial score (nSPS) is 12.9. The summed E-state index contributed by atoms with van der Waals surface area (Å²) in [5.74, 6) is 0. The maximum Gasteiger partial charge on any atom is 0.507 e. The van der Waals surface area contributed by atoms with Gasteiger partial charge in [-0.15, -0.1) is 0 Å². The van der Waals surface area contributed by atoms with E-state index in [1.807, 2.05) is 0 Å². The monoisotopic (exact) mass is 438 g/mol. The molecule has 0 spiro atoms. The van der Waals surface area contributed by atoms with E-state index in [1.165, 1.54) is 64.2 Å². The van der Waals surface area contributed by atoms with Crippen molar-refractivity contribution in [3.63, 3.8) is 0 Å². The van der Waals surface area contributed by atoms with Crippen LogP contribution in [0.4, 0.5) is 0 Å². The molecule has 0 aliphatic heterocycles. The van der Waals surface area contributed by atoms with Crippen molar-refractivity contribution in [2.75, 3.05) is 42.7 Å². The molecule has 8 heteroatoms. The summed E-state index contributed by atoms with van der Waals surface area (Å²) in [5.41, 5.74) is 0. The van der Waals surface area contributed by atoms with Gasteiger partial charge in [0.05, 0.1) is 5.16 Å². The maximum absolute atomic E-state index is 5.75. The van der Waals surface area contributed by atoms with Crippen LogP contribution in [0.3, 0.4) is 0 Å². The zero-order chi connectivity index (χ0) is 21.3. The molecule has 0 aromatic heterocycles. The van der Waals surface area contributed by atoms with Crippen LogP contribution in [0.15, 0.2) is 0 Å². The topological polar surface area (TPSA) is 55.4 Å². The molecule has 0 heterocycles. The fourth-order valence-electron chi connectivity index (χ4n) is 3.94. The molecule has 0 atom stereocenters. The highest BCUT2D eigenvalue weighted by Gasteiger charge is 2.63. The minimum absolute atomic E-state index is 0.140. The Morgan fingerprint density at radius 1 is 0.464 bits per heavy atom. The summed E-state index contributed by atoms with van der Waals surface area (Å²) >= 11 is 0. The van der Waals surface area contributed by atoms with Crippen molar-refractivity contribution in [3.8, 4) is 0 Å². The number of unbranched alkanes of at least 4 members (excludes halogenated alkanes) is 10. The van der Waals surface area contributed by atoms with Gasteiger partial charge >= 0.3 is 17.6 Å². The first-order valence-corrected chi connectivity index (χ1v) is 14.5. The van der Waals surface area contributed by atoms with E-state index in [2.05, 4.69) is 6.92 Å². The number of rotatable bonds is 20. The molecule has 6 nitrogen and oxygen atoms in total. The van der Waals surface area contributed by atoms with E-state index in [-0.39, 0.29) is 5.16 Å². The van der Waals surface area contributed by atoms with Gasteiger partial charge in [-0.05, 0) is 6.42 Å². The lowest BCUT2D eigenvalue weighted by Crippen LogP contribution is -2.62. The predicted molar refractivity (Wildman–Crippen MR) is 118 cm³/mol. The highest BCUT2D eigenvalue weighted by molar-refractivity contribution is 6.82. The minimum Gasteiger partial charge on any atom is -0.377 e. The minimum atomic E-state index is -2.96. The number of hydrogen-bond acceptors (Lipinski definition) is 6. The van der Waals surface area contributed by atoms with Gasteiger partial charge in [-0.3, -0.25) is 0 Å². The summed E-state index contributed by atoms with van der Waals surface area (Å²) in [7, 11) is 3.88. The molecule has 0 saturated heterocycles. The second kappa shape index (κ2) is 16.9. The van der Waals surface area contributed by atoms with Gasteiger partial charge in [0, 0.05) is 42.7 Å². The molecule has 170 valence electrons. The molecule has 0 aliphatic carbocycles. The molecule has 0 aliphatic rings. The van der Waals surface area contributed by atoms with Crippen molar-refractivity contribution in [2.45, 2.75) is 89.1 Å². The summed E-state index contributed by atoms with van der Waals surface area (Å²) < 4.78 is 34.5. The summed E-state index contributed by atoms with van der Waals surface area (Å²) in [6.45, 7) is 2.27. The Bertz CT molecular complexity index is 315. The van der Waals surface area contributed by atoms with Crippen molar-refractivity contribution < 1.29 is 26.6 Å². The Labute approximate surface area is 176 Å². The van der Waals surface area contributed by atoms with Crippen LogP contribution in [-0.2, 0) is 26.6 Å². The first-order valence-electron chi connectivity index (χ1n) is 10.9.